The molecule has 1 heterocycles. The van der Waals surface area contributed by atoms with E-state index in [0.717, 1.165) is 0 Å². The summed E-state index contributed by atoms with van der Waals surface area (Å²) in [5.74, 6) is -2.86. The lowest BCUT2D eigenvalue weighted by atomic mass is 9.71. The van der Waals surface area contributed by atoms with Gasteiger partial charge in [0.1, 0.15) is 18.3 Å². The number of benzene rings is 2. The maximum atomic E-state index is 13.4. The third-order valence-corrected chi connectivity index (χ3v) is 6.06. The van der Waals surface area contributed by atoms with Crippen LogP contribution in [0.3, 0.4) is 0 Å². The molecule has 176 valence electrons. The fourth-order valence-corrected chi connectivity index (χ4v) is 4.54. The van der Waals surface area contributed by atoms with Crippen molar-refractivity contribution in [3.63, 3.8) is 0 Å². The average Bonchev–Trinajstić information content (AvgIpc) is 2.81. The van der Waals surface area contributed by atoms with Crippen LogP contribution >= 0.6 is 0 Å². The van der Waals surface area contributed by atoms with Gasteiger partial charge >= 0.3 is 11.7 Å². The number of nitro groups is 1. The van der Waals surface area contributed by atoms with Crippen LogP contribution in [0.1, 0.15) is 36.3 Å². The summed E-state index contributed by atoms with van der Waals surface area (Å²) in [6.45, 7) is 3.89. The minimum Gasteiger partial charge on any atom is -0.482 e. The number of carbonyl (C=O) groups is 2. The second-order valence-electron chi connectivity index (χ2n) is 8.20. The first-order chi connectivity index (χ1) is 16.3. The number of ether oxygens (including phenoxy) is 2. The quantitative estimate of drug-likeness (QED) is 0.384. The van der Waals surface area contributed by atoms with Crippen molar-refractivity contribution in [3.05, 3.63) is 93.1 Å². The second-order valence-corrected chi connectivity index (χ2v) is 8.20. The van der Waals surface area contributed by atoms with E-state index in [2.05, 4.69) is 11.9 Å². The Balaban J connectivity index is 1.75. The van der Waals surface area contributed by atoms with E-state index in [1.54, 1.807) is 12.1 Å². The van der Waals surface area contributed by atoms with E-state index >= 15 is 0 Å². The molecule has 0 aromatic heterocycles. The second kappa shape index (κ2) is 9.46. The van der Waals surface area contributed by atoms with Crippen molar-refractivity contribution in [1.29, 1.82) is 0 Å². The largest absolute Gasteiger partial charge is 0.482 e. The summed E-state index contributed by atoms with van der Waals surface area (Å²) in [7, 11) is 1.24. The Kier molecular flexibility index (Phi) is 6.45. The van der Waals surface area contributed by atoms with Crippen molar-refractivity contribution >= 4 is 17.4 Å². The summed E-state index contributed by atoms with van der Waals surface area (Å²) in [5, 5.41) is 15.0. The van der Waals surface area contributed by atoms with Crippen LogP contribution in [0.2, 0.25) is 0 Å². The molecule has 0 radical (unpaired) electrons. The van der Waals surface area contributed by atoms with Crippen LogP contribution in [0.15, 0.2) is 66.0 Å². The number of carbonyl (C=O) groups excluding carboxylic acids is 2. The van der Waals surface area contributed by atoms with Crippen LogP contribution in [0.5, 0.6) is 5.75 Å². The van der Waals surface area contributed by atoms with Crippen molar-refractivity contribution < 1.29 is 28.4 Å². The molecule has 0 saturated carbocycles. The number of nitrogens with one attached hydrogen (secondary N) is 1. The number of methoxy groups -OCH3 is 1. The SMILES string of the molecule is C=C1NC2=C(C(=O)CCC2)C(c2ccc(OCc3cccc(F)c3)c([N+](=O)[O-])c2)C1C(=O)OC. The standard InChI is InChI=1S/C25H23FN2O6/c1-14-22(25(30)33-2)23(24-18(27-14)7-4-8-20(24)29)16-9-10-21(19(12-16)28(31)32)34-13-15-5-3-6-17(26)11-15/h3,5-6,9-12,22-23,27H,1,4,7-8,13H2,2H3. The number of allylic oxidation sites excluding steroid dienone is 2. The molecule has 0 saturated heterocycles. The van der Waals surface area contributed by atoms with Crippen LogP contribution in [0.4, 0.5) is 10.1 Å². The Morgan fingerprint density at radius 1 is 1.26 bits per heavy atom. The average molecular weight is 466 g/mol. The third kappa shape index (κ3) is 4.41. The van der Waals surface area contributed by atoms with Gasteiger partial charge in [0.25, 0.3) is 0 Å². The van der Waals surface area contributed by atoms with Crippen molar-refractivity contribution in [2.45, 2.75) is 31.8 Å². The summed E-state index contributed by atoms with van der Waals surface area (Å²) in [5.41, 5.74) is 2.08. The molecule has 1 aliphatic carbocycles. The number of nitrogens with zero attached hydrogens (tertiary/aromatic N) is 1. The van der Waals surface area contributed by atoms with Gasteiger partial charge in [0.05, 0.1) is 12.0 Å². The van der Waals surface area contributed by atoms with E-state index in [1.807, 2.05) is 0 Å². The molecular formula is C25H23FN2O6. The highest BCUT2D eigenvalue weighted by Crippen LogP contribution is 2.46. The Hall–Kier alpha value is -4.01. The van der Waals surface area contributed by atoms with Gasteiger partial charge in [-0.05, 0) is 42.2 Å². The number of nitro benzene ring substituents is 1. The number of Topliss-reactive ketones (excluding diaryl/α,β-unsaturated/α-hetero) is 1. The number of rotatable bonds is 6. The molecule has 8 nitrogen and oxygen atoms in total. The highest BCUT2D eigenvalue weighted by molar-refractivity contribution is 6.00. The van der Waals surface area contributed by atoms with E-state index in [0.29, 0.717) is 47.4 Å². The molecule has 0 amide bonds. The lowest BCUT2D eigenvalue weighted by Gasteiger charge is -2.38. The lowest BCUT2D eigenvalue weighted by molar-refractivity contribution is -0.386. The van der Waals surface area contributed by atoms with Crippen LogP contribution in [-0.4, -0.2) is 23.8 Å². The fraction of sp³-hybridized carbons (Fsp3) is 0.280. The van der Waals surface area contributed by atoms with E-state index in [-0.39, 0.29) is 23.8 Å². The minimum atomic E-state index is -0.926. The smallest absolute Gasteiger partial charge is 0.315 e. The molecule has 0 fully saturated rings. The fourth-order valence-electron chi connectivity index (χ4n) is 4.54. The van der Waals surface area contributed by atoms with Gasteiger partial charge in [0.2, 0.25) is 0 Å². The van der Waals surface area contributed by atoms with Crippen molar-refractivity contribution in [2.24, 2.45) is 5.92 Å². The van der Waals surface area contributed by atoms with Gasteiger partial charge in [0, 0.05) is 35.4 Å². The molecular weight excluding hydrogens is 443 g/mol. The van der Waals surface area contributed by atoms with E-state index in [4.69, 9.17) is 9.47 Å². The highest BCUT2D eigenvalue weighted by atomic mass is 19.1. The molecule has 1 aliphatic heterocycles. The molecule has 1 N–H and O–H groups in total. The lowest BCUT2D eigenvalue weighted by Crippen LogP contribution is -2.40. The first-order valence-electron chi connectivity index (χ1n) is 10.8. The molecule has 34 heavy (non-hydrogen) atoms. The van der Waals surface area contributed by atoms with Crippen molar-refractivity contribution in [3.8, 4) is 5.75 Å². The van der Waals surface area contributed by atoms with E-state index in [1.165, 1.54) is 37.4 Å². The zero-order valence-corrected chi connectivity index (χ0v) is 18.5. The number of hydrogen-bond donors (Lipinski definition) is 1. The zero-order valence-electron chi connectivity index (χ0n) is 18.5. The van der Waals surface area contributed by atoms with Gasteiger partial charge in [0.15, 0.2) is 11.5 Å². The van der Waals surface area contributed by atoms with Gasteiger partial charge in [-0.1, -0.05) is 24.8 Å². The van der Waals surface area contributed by atoms with Crippen LogP contribution in [0, 0.1) is 21.8 Å². The summed E-state index contributed by atoms with van der Waals surface area (Å²) in [4.78, 5) is 36.8. The number of esters is 1. The van der Waals surface area contributed by atoms with Gasteiger partial charge in [-0.2, -0.15) is 0 Å². The Morgan fingerprint density at radius 3 is 2.76 bits per heavy atom. The zero-order chi connectivity index (χ0) is 24.4. The maximum Gasteiger partial charge on any atom is 0.315 e. The summed E-state index contributed by atoms with van der Waals surface area (Å²) >= 11 is 0. The Bertz CT molecular complexity index is 1220. The van der Waals surface area contributed by atoms with E-state index < -0.39 is 28.5 Å². The number of ketones is 1. The van der Waals surface area contributed by atoms with Crippen molar-refractivity contribution in [2.75, 3.05) is 7.11 Å². The van der Waals surface area contributed by atoms with Crippen molar-refractivity contribution in [1.82, 2.24) is 5.32 Å². The Labute approximate surface area is 195 Å². The summed E-state index contributed by atoms with van der Waals surface area (Å²) < 4.78 is 24.0. The highest BCUT2D eigenvalue weighted by Gasteiger charge is 2.44. The normalized spacial score (nSPS) is 19.8. The van der Waals surface area contributed by atoms with Crippen LogP contribution in [-0.2, 0) is 20.9 Å². The molecule has 2 aromatic rings. The summed E-state index contributed by atoms with van der Waals surface area (Å²) in [6.07, 6.45) is 1.61. The first kappa shape index (κ1) is 23.2. The topological polar surface area (TPSA) is 108 Å². The Morgan fingerprint density at radius 2 is 2.06 bits per heavy atom. The summed E-state index contributed by atoms with van der Waals surface area (Å²) in [6, 6.07) is 10.1. The predicted octanol–water partition coefficient (Wildman–Crippen LogP) is 4.31. The van der Waals surface area contributed by atoms with Gasteiger partial charge in [-0.15, -0.1) is 0 Å². The van der Waals surface area contributed by atoms with Crippen LogP contribution in [0.25, 0.3) is 0 Å². The van der Waals surface area contributed by atoms with Gasteiger partial charge < -0.3 is 14.8 Å². The molecule has 9 heteroatoms. The molecule has 0 spiro atoms. The minimum absolute atomic E-state index is 0.00966. The van der Waals surface area contributed by atoms with Crippen LogP contribution < -0.4 is 10.1 Å². The van der Waals surface area contributed by atoms with Gasteiger partial charge in [-0.25, -0.2) is 4.39 Å². The molecule has 2 aromatic carbocycles. The predicted molar refractivity (Wildman–Crippen MR) is 120 cm³/mol. The maximum absolute atomic E-state index is 13.4. The van der Waals surface area contributed by atoms with E-state index in [9.17, 15) is 24.1 Å². The molecule has 4 rings (SSSR count). The molecule has 0 bridgehead atoms. The number of hydrogen-bond acceptors (Lipinski definition) is 7. The monoisotopic (exact) mass is 466 g/mol. The number of halogens is 1. The van der Waals surface area contributed by atoms with Gasteiger partial charge in [-0.3, -0.25) is 19.7 Å². The molecule has 2 unspecified atom stereocenters. The first-order valence-corrected chi connectivity index (χ1v) is 10.8. The third-order valence-electron chi connectivity index (χ3n) is 6.06. The molecule has 2 aliphatic rings. The molecule has 2 atom stereocenters.